The van der Waals surface area contributed by atoms with Gasteiger partial charge in [-0.15, -0.1) is 0 Å². The van der Waals surface area contributed by atoms with Crippen molar-refractivity contribution in [3.8, 4) is 5.75 Å². The zero-order chi connectivity index (χ0) is 29.4. The molecule has 0 unspecified atom stereocenters. The van der Waals surface area contributed by atoms with Crippen LogP contribution in [0.5, 0.6) is 5.75 Å². The van der Waals surface area contributed by atoms with Crippen molar-refractivity contribution in [2.75, 3.05) is 18.0 Å². The molecular formula is C32H39N3O5S. The Balaban J connectivity index is 1.70. The Hall–Kier alpha value is -3.85. The maximum atomic E-state index is 14.1. The molecule has 0 bridgehead atoms. The van der Waals surface area contributed by atoms with Gasteiger partial charge >= 0.3 is 0 Å². The first-order valence-corrected chi connectivity index (χ1v) is 15.6. The number of nitrogens with zero attached hydrogens (tertiary/aromatic N) is 2. The van der Waals surface area contributed by atoms with Gasteiger partial charge in [-0.2, -0.15) is 0 Å². The van der Waals surface area contributed by atoms with Gasteiger partial charge in [0.1, 0.15) is 18.3 Å². The predicted molar refractivity (Wildman–Crippen MR) is 160 cm³/mol. The van der Waals surface area contributed by atoms with E-state index in [1.54, 1.807) is 56.5 Å². The third kappa shape index (κ3) is 7.27. The van der Waals surface area contributed by atoms with E-state index in [1.807, 2.05) is 31.2 Å². The van der Waals surface area contributed by atoms with Crippen LogP contribution in [0.25, 0.3) is 0 Å². The largest absolute Gasteiger partial charge is 0.497 e. The molecule has 0 aliphatic heterocycles. The molecule has 4 rings (SSSR count). The number of amides is 2. The lowest BCUT2D eigenvalue weighted by Crippen LogP contribution is -2.52. The molecule has 1 aliphatic rings. The number of benzene rings is 3. The van der Waals surface area contributed by atoms with Gasteiger partial charge in [0.2, 0.25) is 11.8 Å². The molecule has 1 saturated carbocycles. The molecule has 0 radical (unpaired) electrons. The molecule has 3 aromatic carbocycles. The number of rotatable bonds is 12. The van der Waals surface area contributed by atoms with Crippen LogP contribution in [0.1, 0.15) is 50.7 Å². The van der Waals surface area contributed by atoms with Gasteiger partial charge in [0.15, 0.2) is 0 Å². The highest BCUT2D eigenvalue weighted by Gasteiger charge is 2.34. The second kappa shape index (κ2) is 13.7. The Bertz CT molecular complexity index is 1420. The minimum atomic E-state index is -4.09. The van der Waals surface area contributed by atoms with Crippen LogP contribution in [0.4, 0.5) is 5.69 Å². The third-order valence-corrected chi connectivity index (χ3v) is 9.41. The van der Waals surface area contributed by atoms with Gasteiger partial charge in [0.25, 0.3) is 10.0 Å². The normalized spacial score (nSPS) is 14.3. The number of carbonyl (C=O) groups is 2. The van der Waals surface area contributed by atoms with Gasteiger partial charge in [-0.1, -0.05) is 68.3 Å². The van der Waals surface area contributed by atoms with E-state index in [0.717, 1.165) is 36.8 Å². The molecule has 1 N–H and O–H groups in total. The number of aryl methyl sites for hydroxylation is 1. The van der Waals surface area contributed by atoms with Crippen LogP contribution in [0.3, 0.4) is 0 Å². The van der Waals surface area contributed by atoms with Crippen LogP contribution in [0.2, 0.25) is 0 Å². The van der Waals surface area contributed by atoms with E-state index < -0.39 is 28.5 Å². The first-order valence-electron chi connectivity index (χ1n) is 14.1. The third-order valence-electron chi connectivity index (χ3n) is 7.63. The Morgan fingerprint density at radius 1 is 0.951 bits per heavy atom. The second-order valence-corrected chi connectivity index (χ2v) is 12.2. The molecule has 41 heavy (non-hydrogen) atoms. The average Bonchev–Trinajstić information content (AvgIpc) is 3.52. The Morgan fingerprint density at radius 2 is 1.59 bits per heavy atom. The number of para-hydroxylation sites is 1. The number of anilines is 1. The van der Waals surface area contributed by atoms with Crippen molar-refractivity contribution < 1.29 is 22.7 Å². The highest BCUT2D eigenvalue weighted by molar-refractivity contribution is 7.92. The standard InChI is InChI=1S/C32H39N3O5S/c1-4-26-12-8-11-17-30(26)35(41(38,39)29-15-6-5-7-16-29)23-31(36)34(22-25-18-20-28(40-3)21-19-25)24(2)32(37)33-27-13-9-10-14-27/h5-8,11-12,15-21,24,27H,4,9-10,13-14,22-23H2,1-3H3,(H,33,37)/t24-/m0/s1. The van der Waals surface area contributed by atoms with Gasteiger partial charge in [0, 0.05) is 12.6 Å². The Labute approximate surface area is 243 Å². The average molecular weight is 578 g/mol. The molecule has 0 heterocycles. The molecule has 1 aliphatic carbocycles. The number of ether oxygens (including phenoxy) is 1. The van der Waals surface area contributed by atoms with E-state index in [0.29, 0.717) is 17.9 Å². The number of nitrogens with one attached hydrogen (secondary N) is 1. The molecule has 0 aromatic heterocycles. The maximum absolute atomic E-state index is 14.1. The van der Waals surface area contributed by atoms with Crippen LogP contribution in [-0.2, 0) is 32.6 Å². The summed E-state index contributed by atoms with van der Waals surface area (Å²) in [5.74, 6) is -0.0413. The highest BCUT2D eigenvalue weighted by atomic mass is 32.2. The molecule has 2 amide bonds. The fraction of sp³-hybridized carbons (Fsp3) is 0.375. The Kier molecular flexibility index (Phi) is 10.0. The number of sulfonamides is 1. The zero-order valence-electron chi connectivity index (χ0n) is 24.0. The topological polar surface area (TPSA) is 96.0 Å². The van der Waals surface area contributed by atoms with E-state index in [-0.39, 0.29) is 23.4 Å². The molecule has 3 aromatic rings. The summed E-state index contributed by atoms with van der Waals surface area (Å²) in [6, 6.07) is 21.8. The lowest BCUT2D eigenvalue weighted by atomic mass is 10.1. The second-order valence-electron chi connectivity index (χ2n) is 10.3. The van der Waals surface area contributed by atoms with E-state index in [2.05, 4.69) is 5.32 Å². The van der Waals surface area contributed by atoms with Gasteiger partial charge in [-0.25, -0.2) is 8.42 Å². The lowest BCUT2D eigenvalue weighted by Gasteiger charge is -2.33. The molecule has 218 valence electrons. The fourth-order valence-corrected chi connectivity index (χ4v) is 6.66. The van der Waals surface area contributed by atoms with Crippen molar-refractivity contribution in [1.82, 2.24) is 10.2 Å². The fourth-order valence-electron chi connectivity index (χ4n) is 5.19. The number of hydrogen-bond donors (Lipinski definition) is 1. The van der Waals surface area contributed by atoms with Gasteiger partial charge < -0.3 is 15.0 Å². The summed E-state index contributed by atoms with van der Waals surface area (Å²) in [4.78, 5) is 29.0. The van der Waals surface area contributed by atoms with Gasteiger partial charge in [-0.05, 0) is 67.6 Å². The summed E-state index contributed by atoms with van der Waals surface area (Å²) in [6.45, 7) is 3.32. The minimum absolute atomic E-state index is 0.0902. The Morgan fingerprint density at radius 3 is 2.22 bits per heavy atom. The van der Waals surface area contributed by atoms with Crippen LogP contribution >= 0.6 is 0 Å². The monoisotopic (exact) mass is 577 g/mol. The first kappa shape index (κ1) is 30.1. The number of carbonyl (C=O) groups excluding carboxylic acids is 2. The van der Waals surface area contributed by atoms with Gasteiger partial charge in [0.05, 0.1) is 17.7 Å². The quantitative estimate of drug-likeness (QED) is 0.329. The molecule has 0 spiro atoms. The van der Waals surface area contributed by atoms with Crippen molar-refractivity contribution in [3.05, 3.63) is 90.0 Å². The molecule has 1 fully saturated rings. The van der Waals surface area contributed by atoms with Crippen LogP contribution < -0.4 is 14.4 Å². The van der Waals surface area contributed by atoms with E-state index in [9.17, 15) is 18.0 Å². The minimum Gasteiger partial charge on any atom is -0.497 e. The summed E-state index contributed by atoms with van der Waals surface area (Å²) in [7, 11) is -2.51. The van der Waals surface area contributed by atoms with Crippen molar-refractivity contribution in [1.29, 1.82) is 0 Å². The zero-order valence-corrected chi connectivity index (χ0v) is 24.8. The summed E-state index contributed by atoms with van der Waals surface area (Å²) in [6.07, 6.45) is 4.55. The summed E-state index contributed by atoms with van der Waals surface area (Å²) < 4.78 is 34.4. The first-order chi connectivity index (χ1) is 19.7. The van der Waals surface area contributed by atoms with Crippen molar-refractivity contribution in [3.63, 3.8) is 0 Å². The number of hydrogen-bond acceptors (Lipinski definition) is 5. The summed E-state index contributed by atoms with van der Waals surface area (Å²) in [5, 5.41) is 3.09. The van der Waals surface area contributed by atoms with Crippen LogP contribution in [0, 0.1) is 0 Å². The summed E-state index contributed by atoms with van der Waals surface area (Å²) in [5.41, 5.74) is 2.04. The van der Waals surface area contributed by atoms with Gasteiger partial charge in [-0.3, -0.25) is 13.9 Å². The predicted octanol–water partition coefficient (Wildman–Crippen LogP) is 4.93. The van der Waals surface area contributed by atoms with E-state index in [1.165, 1.54) is 21.3 Å². The van der Waals surface area contributed by atoms with Crippen molar-refractivity contribution >= 4 is 27.5 Å². The van der Waals surface area contributed by atoms with Crippen LogP contribution in [0.15, 0.2) is 83.8 Å². The van der Waals surface area contributed by atoms with Crippen molar-refractivity contribution in [2.24, 2.45) is 0 Å². The maximum Gasteiger partial charge on any atom is 0.264 e. The van der Waals surface area contributed by atoms with E-state index >= 15 is 0 Å². The molecular weight excluding hydrogens is 538 g/mol. The summed E-state index contributed by atoms with van der Waals surface area (Å²) >= 11 is 0. The number of methoxy groups -OCH3 is 1. The van der Waals surface area contributed by atoms with E-state index in [4.69, 9.17) is 4.74 Å². The van der Waals surface area contributed by atoms with Crippen LogP contribution in [-0.4, -0.2) is 50.9 Å². The molecule has 1 atom stereocenters. The SMILES string of the molecule is CCc1ccccc1N(CC(=O)N(Cc1ccc(OC)cc1)[C@@H](C)C(=O)NC1CCCC1)S(=O)(=O)c1ccccc1. The highest BCUT2D eigenvalue weighted by Crippen LogP contribution is 2.28. The molecule has 8 nitrogen and oxygen atoms in total. The van der Waals surface area contributed by atoms with Crippen molar-refractivity contribution in [2.45, 2.75) is 69.5 Å². The molecule has 0 saturated heterocycles. The smallest absolute Gasteiger partial charge is 0.264 e. The molecule has 9 heteroatoms. The lowest BCUT2D eigenvalue weighted by molar-refractivity contribution is -0.139.